The van der Waals surface area contributed by atoms with Gasteiger partial charge in [-0.3, -0.25) is 5.43 Å². The summed E-state index contributed by atoms with van der Waals surface area (Å²) in [5, 5.41) is 5.98. The number of hydrogen-bond donors (Lipinski definition) is 1. The Balaban J connectivity index is 2.15. The minimum atomic E-state index is -4.73. The average molecular weight is 372 g/mol. The van der Waals surface area contributed by atoms with Crippen molar-refractivity contribution in [1.82, 2.24) is 0 Å². The van der Waals surface area contributed by atoms with Crippen molar-refractivity contribution in [2.75, 3.05) is 12.5 Å². The molecule has 1 aromatic heterocycles. The van der Waals surface area contributed by atoms with Crippen molar-refractivity contribution in [1.29, 1.82) is 0 Å². The normalized spacial score (nSPS) is 12.0. The molecule has 0 saturated carbocycles. The predicted octanol–water partition coefficient (Wildman–Crippen LogP) is 4.58. The summed E-state index contributed by atoms with van der Waals surface area (Å²) in [7, 11) is 1.29. The van der Waals surface area contributed by atoms with Crippen LogP contribution in [0.3, 0.4) is 0 Å². The molecule has 0 bridgehead atoms. The van der Waals surface area contributed by atoms with Crippen molar-refractivity contribution in [3.8, 4) is 5.75 Å². The first kappa shape index (κ1) is 18.8. The zero-order valence-electron chi connectivity index (χ0n) is 13.6. The topological polar surface area (TPSA) is 59.9 Å². The molecule has 5 nitrogen and oxygen atoms in total. The number of carbonyl (C=O) groups is 1. The zero-order valence-corrected chi connectivity index (χ0v) is 14.4. The van der Waals surface area contributed by atoms with Crippen molar-refractivity contribution < 1.29 is 27.4 Å². The van der Waals surface area contributed by atoms with E-state index in [1.807, 2.05) is 6.92 Å². The predicted molar refractivity (Wildman–Crippen MR) is 89.4 cm³/mol. The van der Waals surface area contributed by atoms with Gasteiger partial charge in [-0.15, -0.1) is 24.5 Å². The number of carbonyl (C=O) groups excluding carboxylic acids is 1. The summed E-state index contributed by atoms with van der Waals surface area (Å²) in [6, 6.07) is 5.34. The average Bonchev–Trinajstić information content (AvgIpc) is 2.92. The molecule has 0 aliphatic heterocycles. The molecule has 0 atom stereocenters. The Morgan fingerprint density at radius 1 is 1.24 bits per heavy atom. The molecule has 1 N–H and O–H groups in total. The number of methoxy groups -OCH3 is 1. The number of hydrogen-bond acceptors (Lipinski definition) is 6. The zero-order chi connectivity index (χ0) is 18.6. The smallest absolute Gasteiger partial charge is 0.465 e. The highest BCUT2D eigenvalue weighted by atomic mass is 32.1. The third-order valence-corrected chi connectivity index (χ3v) is 4.26. The van der Waals surface area contributed by atoms with Crippen LogP contribution in [0.5, 0.6) is 5.75 Å². The molecule has 25 heavy (non-hydrogen) atoms. The first-order valence-electron chi connectivity index (χ1n) is 7.04. The first-order chi connectivity index (χ1) is 11.7. The van der Waals surface area contributed by atoms with Crippen molar-refractivity contribution in [3.05, 3.63) is 45.6 Å². The molecule has 0 radical (unpaired) electrons. The van der Waals surface area contributed by atoms with Crippen LogP contribution in [0.15, 0.2) is 34.7 Å². The SMILES string of the molecule is COC(=O)c1scc(C)c1N/N=C(/C)c1ccc(OC(F)(F)F)cc1. The van der Waals surface area contributed by atoms with E-state index < -0.39 is 12.3 Å². The van der Waals surface area contributed by atoms with Crippen LogP contribution in [0.1, 0.15) is 27.7 Å². The van der Waals surface area contributed by atoms with Gasteiger partial charge < -0.3 is 9.47 Å². The van der Waals surface area contributed by atoms with Crippen LogP contribution in [-0.4, -0.2) is 25.2 Å². The molecule has 9 heteroatoms. The fourth-order valence-corrected chi connectivity index (χ4v) is 2.84. The Labute approximate surface area is 146 Å². The fraction of sp³-hybridized carbons (Fsp3) is 0.250. The van der Waals surface area contributed by atoms with Gasteiger partial charge in [-0.25, -0.2) is 4.79 Å². The van der Waals surface area contributed by atoms with Crippen molar-refractivity contribution >= 4 is 28.7 Å². The lowest BCUT2D eigenvalue weighted by atomic mass is 10.1. The second kappa shape index (κ2) is 7.56. The van der Waals surface area contributed by atoms with Gasteiger partial charge in [0.2, 0.25) is 0 Å². The Kier molecular flexibility index (Phi) is 5.68. The molecule has 0 spiro atoms. The second-order valence-electron chi connectivity index (χ2n) is 5.00. The molecule has 134 valence electrons. The number of anilines is 1. The van der Waals surface area contributed by atoms with Gasteiger partial charge in [0, 0.05) is 0 Å². The maximum absolute atomic E-state index is 12.2. The lowest BCUT2D eigenvalue weighted by Crippen LogP contribution is -2.17. The summed E-state index contributed by atoms with van der Waals surface area (Å²) in [6.07, 6.45) is -4.73. The van der Waals surface area contributed by atoms with E-state index in [1.54, 1.807) is 12.3 Å². The molecular formula is C16H15F3N2O3S. The van der Waals surface area contributed by atoms with E-state index in [2.05, 4.69) is 15.3 Å². The van der Waals surface area contributed by atoms with E-state index in [1.165, 1.54) is 42.7 Å². The Morgan fingerprint density at radius 2 is 1.88 bits per heavy atom. The van der Waals surface area contributed by atoms with Crippen LogP contribution in [0.2, 0.25) is 0 Å². The van der Waals surface area contributed by atoms with Gasteiger partial charge in [-0.1, -0.05) is 0 Å². The maximum Gasteiger partial charge on any atom is 0.573 e. The summed E-state index contributed by atoms with van der Waals surface area (Å²) in [5.74, 6) is -0.777. The van der Waals surface area contributed by atoms with Crippen molar-refractivity contribution in [3.63, 3.8) is 0 Å². The number of aryl methyl sites for hydroxylation is 1. The number of hydrazone groups is 1. The van der Waals surface area contributed by atoms with Crippen LogP contribution in [-0.2, 0) is 4.74 Å². The number of ether oxygens (including phenoxy) is 2. The minimum absolute atomic E-state index is 0.307. The van der Waals surface area contributed by atoms with Gasteiger partial charge >= 0.3 is 12.3 Å². The summed E-state index contributed by atoms with van der Waals surface area (Å²) >= 11 is 1.23. The highest BCUT2D eigenvalue weighted by molar-refractivity contribution is 7.12. The molecule has 1 aromatic carbocycles. The molecule has 1 heterocycles. The molecule has 0 aliphatic carbocycles. The standard InChI is InChI=1S/C16H15F3N2O3S/c1-9-8-25-14(15(22)23-3)13(9)21-20-10(2)11-4-6-12(7-5-11)24-16(17,18)19/h4-8,21H,1-3H3/b20-10-. The van der Waals surface area contributed by atoms with Crippen LogP contribution in [0, 0.1) is 6.92 Å². The summed E-state index contributed by atoms with van der Waals surface area (Å²) in [4.78, 5) is 12.1. The van der Waals surface area contributed by atoms with Gasteiger partial charge in [0.15, 0.2) is 0 Å². The summed E-state index contributed by atoms with van der Waals surface area (Å²) < 4.78 is 45.0. The van der Waals surface area contributed by atoms with Crippen LogP contribution < -0.4 is 10.2 Å². The van der Waals surface area contributed by atoms with Crippen LogP contribution in [0.25, 0.3) is 0 Å². The molecule has 2 rings (SSSR count). The number of thiophene rings is 1. The minimum Gasteiger partial charge on any atom is -0.465 e. The van der Waals surface area contributed by atoms with Gasteiger partial charge in [0.1, 0.15) is 10.6 Å². The highest BCUT2D eigenvalue weighted by Crippen LogP contribution is 2.28. The van der Waals surface area contributed by atoms with E-state index in [-0.39, 0.29) is 5.75 Å². The van der Waals surface area contributed by atoms with Crippen LogP contribution in [0.4, 0.5) is 18.9 Å². The summed E-state index contributed by atoms with van der Waals surface area (Å²) in [5.41, 5.74) is 5.31. The molecule has 0 unspecified atom stereocenters. The largest absolute Gasteiger partial charge is 0.573 e. The third-order valence-electron chi connectivity index (χ3n) is 3.19. The first-order valence-corrected chi connectivity index (χ1v) is 7.92. The van der Waals surface area contributed by atoms with E-state index >= 15 is 0 Å². The van der Waals surface area contributed by atoms with Gasteiger partial charge in [-0.05, 0) is 54.6 Å². The molecule has 0 amide bonds. The molecule has 0 fully saturated rings. The van der Waals surface area contributed by atoms with E-state index in [0.29, 0.717) is 21.8 Å². The molecular weight excluding hydrogens is 357 g/mol. The van der Waals surface area contributed by atoms with Crippen LogP contribution >= 0.6 is 11.3 Å². The summed E-state index contributed by atoms with van der Waals surface area (Å²) in [6.45, 7) is 3.51. The molecule has 2 aromatic rings. The number of alkyl halides is 3. The maximum atomic E-state index is 12.2. The van der Waals surface area contributed by atoms with Gasteiger partial charge in [0.25, 0.3) is 0 Å². The van der Waals surface area contributed by atoms with Crippen molar-refractivity contribution in [2.24, 2.45) is 5.10 Å². The molecule has 0 aliphatic rings. The van der Waals surface area contributed by atoms with Gasteiger partial charge in [0.05, 0.1) is 18.5 Å². The number of nitrogens with zero attached hydrogens (tertiary/aromatic N) is 1. The van der Waals surface area contributed by atoms with E-state index in [4.69, 9.17) is 4.74 Å². The third kappa shape index (κ3) is 4.96. The lowest BCUT2D eigenvalue weighted by molar-refractivity contribution is -0.274. The van der Waals surface area contributed by atoms with E-state index in [9.17, 15) is 18.0 Å². The second-order valence-corrected chi connectivity index (χ2v) is 5.88. The lowest BCUT2D eigenvalue weighted by Gasteiger charge is -2.09. The number of benzene rings is 1. The Hall–Kier alpha value is -2.55. The number of halogens is 3. The number of esters is 1. The fourth-order valence-electron chi connectivity index (χ4n) is 1.93. The monoisotopic (exact) mass is 372 g/mol. The highest BCUT2D eigenvalue weighted by Gasteiger charge is 2.30. The molecule has 0 saturated heterocycles. The Bertz CT molecular complexity index is 783. The van der Waals surface area contributed by atoms with Gasteiger partial charge in [-0.2, -0.15) is 5.10 Å². The number of nitrogens with one attached hydrogen (secondary N) is 1. The van der Waals surface area contributed by atoms with Crippen molar-refractivity contribution in [2.45, 2.75) is 20.2 Å². The Morgan fingerprint density at radius 3 is 2.44 bits per heavy atom. The quantitative estimate of drug-likeness (QED) is 0.474. The number of rotatable bonds is 5. The van der Waals surface area contributed by atoms with E-state index in [0.717, 1.165) is 5.56 Å².